The molecule has 0 spiro atoms. The van der Waals surface area contributed by atoms with E-state index in [9.17, 15) is 9.90 Å². The molecule has 4 nitrogen and oxygen atoms in total. The maximum Gasteiger partial charge on any atom is 0.261 e. The second-order valence-electron chi connectivity index (χ2n) is 5.84. The highest BCUT2D eigenvalue weighted by molar-refractivity contribution is 9.10. The molecular weight excluding hydrogens is 334 g/mol. The van der Waals surface area contributed by atoms with Gasteiger partial charge in [-0.05, 0) is 46.2 Å². The third-order valence-corrected chi connectivity index (χ3v) is 3.94. The Bertz CT molecular complexity index is 500. The molecule has 0 aliphatic heterocycles. The molecule has 0 saturated carbocycles. The summed E-state index contributed by atoms with van der Waals surface area (Å²) in [6, 6.07) is 5.38. The summed E-state index contributed by atoms with van der Waals surface area (Å²) in [5, 5.41) is 12.7. The van der Waals surface area contributed by atoms with Crippen molar-refractivity contribution in [2.75, 3.05) is 0 Å². The lowest BCUT2D eigenvalue weighted by Gasteiger charge is -2.27. The first-order valence-electron chi connectivity index (χ1n) is 7.12. The summed E-state index contributed by atoms with van der Waals surface area (Å²) in [7, 11) is 0. The number of rotatable bonds is 6. The average molecular weight is 358 g/mol. The fourth-order valence-electron chi connectivity index (χ4n) is 1.72. The zero-order valence-corrected chi connectivity index (χ0v) is 14.8. The number of carbonyl (C=O) groups is 1. The van der Waals surface area contributed by atoms with Gasteiger partial charge in [-0.2, -0.15) is 0 Å². The van der Waals surface area contributed by atoms with Gasteiger partial charge in [0.15, 0.2) is 6.10 Å². The van der Waals surface area contributed by atoms with Gasteiger partial charge < -0.3 is 15.2 Å². The molecule has 1 unspecified atom stereocenters. The molecule has 118 valence electrons. The van der Waals surface area contributed by atoms with E-state index in [1.165, 1.54) is 0 Å². The van der Waals surface area contributed by atoms with E-state index in [4.69, 9.17) is 4.74 Å². The smallest absolute Gasteiger partial charge is 0.261 e. The third kappa shape index (κ3) is 5.32. The molecule has 5 heteroatoms. The molecule has 0 saturated heterocycles. The summed E-state index contributed by atoms with van der Waals surface area (Å²) < 4.78 is 6.57. The normalized spacial score (nSPS) is 14.4. The van der Waals surface area contributed by atoms with E-state index in [1.54, 1.807) is 26.0 Å². The standard InChI is InChI=1S/C16H24BrNO3/c1-6-16(4,5)18-15(20)11(3)21-14-9-12(17)7-8-13(14)10(2)19/h7-11,19H,6H2,1-5H3,(H,18,20)/t10-,11?/m1/s1. The molecule has 1 aromatic rings. The summed E-state index contributed by atoms with van der Waals surface area (Å²) in [5.41, 5.74) is 0.395. The van der Waals surface area contributed by atoms with E-state index < -0.39 is 12.2 Å². The van der Waals surface area contributed by atoms with Crippen molar-refractivity contribution >= 4 is 21.8 Å². The first-order valence-corrected chi connectivity index (χ1v) is 7.91. The van der Waals surface area contributed by atoms with Crippen molar-refractivity contribution in [2.24, 2.45) is 0 Å². The largest absolute Gasteiger partial charge is 0.480 e. The van der Waals surface area contributed by atoms with E-state index in [-0.39, 0.29) is 11.4 Å². The predicted molar refractivity (Wildman–Crippen MR) is 87.4 cm³/mol. The van der Waals surface area contributed by atoms with Crippen molar-refractivity contribution in [2.45, 2.75) is 58.8 Å². The number of benzene rings is 1. The minimum atomic E-state index is -0.657. The highest BCUT2D eigenvalue weighted by atomic mass is 79.9. The van der Waals surface area contributed by atoms with E-state index in [2.05, 4.69) is 21.2 Å². The van der Waals surface area contributed by atoms with Gasteiger partial charge in [0.2, 0.25) is 0 Å². The number of halogens is 1. The van der Waals surface area contributed by atoms with Crippen LogP contribution in [0.4, 0.5) is 0 Å². The number of ether oxygens (including phenoxy) is 1. The van der Waals surface area contributed by atoms with Crippen LogP contribution in [-0.2, 0) is 4.79 Å². The van der Waals surface area contributed by atoms with Crippen molar-refractivity contribution in [3.05, 3.63) is 28.2 Å². The fraction of sp³-hybridized carbons (Fsp3) is 0.562. The molecule has 0 bridgehead atoms. The van der Waals surface area contributed by atoms with Gasteiger partial charge in [-0.3, -0.25) is 4.79 Å². The zero-order chi connectivity index (χ0) is 16.2. The first-order chi connectivity index (χ1) is 9.66. The Labute approximate surface area is 135 Å². The van der Waals surface area contributed by atoms with Crippen LogP contribution >= 0.6 is 15.9 Å². The molecule has 0 heterocycles. The van der Waals surface area contributed by atoms with E-state index >= 15 is 0 Å². The van der Waals surface area contributed by atoms with Gasteiger partial charge >= 0.3 is 0 Å². The van der Waals surface area contributed by atoms with Crippen LogP contribution in [0, 0.1) is 0 Å². The van der Waals surface area contributed by atoms with Gasteiger partial charge in [-0.1, -0.05) is 28.9 Å². The maximum atomic E-state index is 12.2. The molecule has 0 aliphatic carbocycles. The minimum absolute atomic E-state index is 0.168. The lowest BCUT2D eigenvalue weighted by Crippen LogP contribution is -2.48. The van der Waals surface area contributed by atoms with Gasteiger partial charge in [-0.25, -0.2) is 0 Å². The van der Waals surface area contributed by atoms with Crippen molar-refractivity contribution in [1.29, 1.82) is 0 Å². The lowest BCUT2D eigenvalue weighted by molar-refractivity contribution is -0.129. The van der Waals surface area contributed by atoms with Crippen LogP contribution in [0.2, 0.25) is 0 Å². The molecule has 1 rings (SSSR count). The van der Waals surface area contributed by atoms with E-state index in [0.717, 1.165) is 10.9 Å². The Morgan fingerprint density at radius 2 is 2.05 bits per heavy atom. The highest BCUT2D eigenvalue weighted by Gasteiger charge is 2.24. The van der Waals surface area contributed by atoms with Crippen LogP contribution in [-0.4, -0.2) is 22.7 Å². The number of aliphatic hydroxyl groups excluding tert-OH is 1. The van der Waals surface area contributed by atoms with Crippen molar-refractivity contribution in [3.63, 3.8) is 0 Å². The van der Waals surface area contributed by atoms with Gasteiger partial charge in [0.25, 0.3) is 5.91 Å². The molecule has 0 aromatic heterocycles. The summed E-state index contributed by atoms with van der Waals surface area (Å²) in [6.07, 6.45) is -0.459. The van der Waals surface area contributed by atoms with Gasteiger partial charge in [0.1, 0.15) is 5.75 Å². The lowest BCUT2D eigenvalue weighted by atomic mass is 10.0. The molecular formula is C16H24BrNO3. The number of aliphatic hydroxyl groups is 1. The summed E-state index contributed by atoms with van der Waals surface area (Å²) in [6.45, 7) is 9.33. The molecule has 2 N–H and O–H groups in total. The third-order valence-electron chi connectivity index (χ3n) is 3.44. The zero-order valence-electron chi connectivity index (χ0n) is 13.2. The van der Waals surface area contributed by atoms with Crippen LogP contribution in [0.5, 0.6) is 5.75 Å². The Morgan fingerprint density at radius 1 is 1.43 bits per heavy atom. The SMILES string of the molecule is CCC(C)(C)NC(=O)C(C)Oc1cc(Br)ccc1[C@@H](C)O. The Morgan fingerprint density at radius 3 is 2.57 bits per heavy atom. The molecule has 2 atom stereocenters. The van der Waals surface area contributed by atoms with Crippen LogP contribution in [0.3, 0.4) is 0 Å². The number of amides is 1. The Kier molecular flexibility index (Phi) is 6.23. The molecule has 1 aromatic carbocycles. The molecule has 0 fully saturated rings. The molecule has 1 amide bonds. The van der Waals surface area contributed by atoms with Crippen molar-refractivity contribution < 1.29 is 14.6 Å². The second kappa shape index (κ2) is 7.27. The molecule has 0 aliphatic rings. The van der Waals surface area contributed by atoms with Crippen LogP contribution in [0.1, 0.15) is 52.7 Å². The number of hydrogen-bond acceptors (Lipinski definition) is 3. The average Bonchev–Trinajstić information content (AvgIpc) is 2.37. The van der Waals surface area contributed by atoms with Crippen LogP contribution in [0.25, 0.3) is 0 Å². The van der Waals surface area contributed by atoms with Crippen LogP contribution in [0.15, 0.2) is 22.7 Å². The first kappa shape index (κ1) is 18.0. The molecule has 21 heavy (non-hydrogen) atoms. The van der Waals surface area contributed by atoms with Crippen molar-refractivity contribution in [3.8, 4) is 5.75 Å². The maximum absolute atomic E-state index is 12.2. The van der Waals surface area contributed by atoms with Crippen molar-refractivity contribution in [1.82, 2.24) is 5.32 Å². The van der Waals surface area contributed by atoms with E-state index in [1.807, 2.05) is 26.8 Å². The predicted octanol–water partition coefficient (Wildman–Crippen LogP) is 3.57. The quantitative estimate of drug-likeness (QED) is 0.817. The summed E-state index contributed by atoms with van der Waals surface area (Å²) in [4.78, 5) is 12.2. The second-order valence-corrected chi connectivity index (χ2v) is 6.76. The van der Waals surface area contributed by atoms with Gasteiger partial charge in [-0.15, -0.1) is 0 Å². The fourth-order valence-corrected chi connectivity index (χ4v) is 2.06. The highest BCUT2D eigenvalue weighted by Crippen LogP contribution is 2.29. The monoisotopic (exact) mass is 357 g/mol. The topological polar surface area (TPSA) is 58.6 Å². The number of nitrogens with one attached hydrogen (secondary N) is 1. The minimum Gasteiger partial charge on any atom is -0.480 e. The van der Waals surface area contributed by atoms with Crippen LogP contribution < -0.4 is 10.1 Å². The van der Waals surface area contributed by atoms with E-state index in [0.29, 0.717) is 11.3 Å². The number of hydrogen-bond donors (Lipinski definition) is 2. The van der Waals surface area contributed by atoms with Gasteiger partial charge in [0.05, 0.1) is 6.10 Å². The Balaban J connectivity index is 2.85. The summed E-state index contributed by atoms with van der Waals surface area (Å²) >= 11 is 3.37. The molecule has 0 radical (unpaired) electrons. The Hall–Kier alpha value is -1.07. The summed E-state index contributed by atoms with van der Waals surface area (Å²) in [5.74, 6) is 0.342. The van der Waals surface area contributed by atoms with Gasteiger partial charge in [0, 0.05) is 15.6 Å². The number of carbonyl (C=O) groups excluding carboxylic acids is 1.